The number of carbonyl (C=O) groups excluding carboxylic acids is 4. The maximum absolute atomic E-state index is 13.6. The van der Waals surface area contributed by atoms with Crippen LogP contribution in [0.1, 0.15) is 35.1 Å². The van der Waals surface area contributed by atoms with Gasteiger partial charge in [-0.15, -0.1) is 0 Å². The zero-order valence-electron chi connectivity index (χ0n) is 22.1. The summed E-state index contributed by atoms with van der Waals surface area (Å²) in [6.07, 6.45) is 2.32. The van der Waals surface area contributed by atoms with Gasteiger partial charge in [-0.3, -0.25) is 19.3 Å². The zero-order chi connectivity index (χ0) is 27.6. The van der Waals surface area contributed by atoms with Gasteiger partial charge in [0.2, 0.25) is 11.8 Å². The van der Waals surface area contributed by atoms with Crippen LogP contribution in [-0.4, -0.2) is 48.3 Å². The molecule has 1 aliphatic heterocycles. The van der Waals surface area contributed by atoms with Crippen molar-refractivity contribution in [3.63, 3.8) is 0 Å². The summed E-state index contributed by atoms with van der Waals surface area (Å²) in [5.41, 5.74) is 3.30. The number of imide groups is 1. The summed E-state index contributed by atoms with van der Waals surface area (Å²) in [5, 5.41) is 5.67. The van der Waals surface area contributed by atoms with E-state index in [4.69, 9.17) is 0 Å². The van der Waals surface area contributed by atoms with Crippen LogP contribution < -0.4 is 15.5 Å². The highest BCUT2D eigenvalue weighted by atomic mass is 16.2. The van der Waals surface area contributed by atoms with E-state index in [0.717, 1.165) is 40.0 Å². The molecule has 1 spiro atoms. The van der Waals surface area contributed by atoms with Gasteiger partial charge in [0.25, 0.3) is 5.91 Å². The lowest BCUT2D eigenvalue weighted by atomic mass is 9.76. The summed E-state index contributed by atoms with van der Waals surface area (Å²) in [6.45, 7) is 1.50. The molecular formula is C31H32N4O4. The molecule has 2 aliphatic rings. The Balaban J connectivity index is 1.34. The number of carbonyl (C=O) groups is 4. The Morgan fingerprint density at radius 1 is 1.00 bits per heavy atom. The van der Waals surface area contributed by atoms with Gasteiger partial charge in [-0.1, -0.05) is 72.3 Å². The molecule has 1 aliphatic carbocycles. The van der Waals surface area contributed by atoms with Crippen molar-refractivity contribution in [3.05, 3.63) is 101 Å². The number of hydrogen-bond donors (Lipinski definition) is 2. The molecule has 0 radical (unpaired) electrons. The van der Waals surface area contributed by atoms with Gasteiger partial charge >= 0.3 is 6.03 Å². The summed E-state index contributed by atoms with van der Waals surface area (Å²) >= 11 is 0. The standard InChI is InChI=1S/C31H32N4O4/c1-21-14-16-24(17-15-21)34(2)28(37)26(19-22-9-4-3-5-10-22)32-27(36)20-35-29(38)31(33-30(35)39)18-8-12-23-11-6-7-13-25(23)31/h3-7,9-11,13-17,26H,8,12,18-20H2,1-2H3,(H,32,36)(H,33,39)/t26-,31?/m0/s1. The van der Waals surface area contributed by atoms with Gasteiger partial charge < -0.3 is 15.5 Å². The highest BCUT2D eigenvalue weighted by Crippen LogP contribution is 2.39. The molecule has 3 aromatic rings. The summed E-state index contributed by atoms with van der Waals surface area (Å²) in [7, 11) is 1.67. The lowest BCUT2D eigenvalue weighted by molar-refractivity contribution is -0.136. The summed E-state index contributed by atoms with van der Waals surface area (Å²) in [6, 6.07) is 23.1. The fraction of sp³-hybridized carbons (Fsp3) is 0.290. The largest absolute Gasteiger partial charge is 0.342 e. The number of amides is 5. The highest BCUT2D eigenvalue weighted by molar-refractivity contribution is 6.10. The van der Waals surface area contributed by atoms with Gasteiger partial charge in [0.1, 0.15) is 18.1 Å². The van der Waals surface area contributed by atoms with Crippen molar-refractivity contribution in [2.24, 2.45) is 0 Å². The quantitative estimate of drug-likeness (QED) is 0.463. The molecule has 1 fully saturated rings. The van der Waals surface area contributed by atoms with Crippen molar-refractivity contribution in [1.29, 1.82) is 0 Å². The molecule has 1 saturated heterocycles. The van der Waals surface area contributed by atoms with Crippen molar-refractivity contribution >= 4 is 29.4 Å². The zero-order valence-corrected chi connectivity index (χ0v) is 22.1. The monoisotopic (exact) mass is 524 g/mol. The molecule has 1 unspecified atom stereocenters. The first kappa shape index (κ1) is 26.2. The fourth-order valence-electron chi connectivity index (χ4n) is 5.52. The minimum atomic E-state index is -1.16. The van der Waals surface area contributed by atoms with Crippen LogP contribution in [-0.2, 0) is 32.8 Å². The van der Waals surface area contributed by atoms with Crippen molar-refractivity contribution < 1.29 is 19.2 Å². The first-order valence-corrected chi connectivity index (χ1v) is 13.2. The van der Waals surface area contributed by atoms with E-state index in [1.54, 1.807) is 7.05 Å². The Morgan fingerprint density at radius 3 is 2.44 bits per heavy atom. The molecule has 5 rings (SSSR count). The topological polar surface area (TPSA) is 98.8 Å². The second-order valence-electron chi connectivity index (χ2n) is 10.3. The van der Waals surface area contributed by atoms with Gasteiger partial charge in [0.15, 0.2) is 0 Å². The first-order valence-electron chi connectivity index (χ1n) is 13.2. The van der Waals surface area contributed by atoms with Gasteiger partial charge in [-0.05, 0) is 55.0 Å². The minimum Gasteiger partial charge on any atom is -0.342 e. The first-order chi connectivity index (χ1) is 18.8. The van der Waals surface area contributed by atoms with Gasteiger partial charge in [0, 0.05) is 19.2 Å². The van der Waals surface area contributed by atoms with E-state index in [-0.39, 0.29) is 12.3 Å². The van der Waals surface area contributed by atoms with Crippen LogP contribution in [0.3, 0.4) is 0 Å². The lowest BCUT2D eigenvalue weighted by Crippen LogP contribution is -2.52. The number of fused-ring (bicyclic) bond motifs is 2. The SMILES string of the molecule is Cc1ccc(N(C)C(=O)[C@H](Cc2ccccc2)NC(=O)CN2C(=O)NC3(CCCc4ccccc43)C2=O)cc1. The predicted octanol–water partition coefficient (Wildman–Crippen LogP) is 3.47. The third-order valence-electron chi connectivity index (χ3n) is 7.62. The van der Waals surface area contributed by atoms with Gasteiger partial charge in [-0.2, -0.15) is 0 Å². The number of hydrogen-bond acceptors (Lipinski definition) is 4. The van der Waals surface area contributed by atoms with E-state index >= 15 is 0 Å². The number of anilines is 1. The summed E-state index contributed by atoms with van der Waals surface area (Å²) in [5.74, 6) is -1.31. The second kappa shape index (κ2) is 10.7. The fourth-order valence-corrected chi connectivity index (χ4v) is 5.52. The number of nitrogens with one attached hydrogen (secondary N) is 2. The molecule has 3 aromatic carbocycles. The molecule has 2 atom stereocenters. The van der Waals surface area contributed by atoms with Crippen LogP contribution in [0.4, 0.5) is 10.5 Å². The van der Waals surface area contributed by atoms with E-state index < -0.39 is 36.0 Å². The predicted molar refractivity (Wildman–Crippen MR) is 148 cm³/mol. The van der Waals surface area contributed by atoms with Crippen LogP contribution in [0.5, 0.6) is 0 Å². The number of benzene rings is 3. The van der Waals surface area contributed by atoms with Gasteiger partial charge in [0.05, 0.1) is 0 Å². The molecule has 1 heterocycles. The number of nitrogens with zero attached hydrogens (tertiary/aromatic N) is 2. The molecule has 0 aromatic heterocycles. The van der Waals surface area contributed by atoms with Crippen LogP contribution in [0.15, 0.2) is 78.9 Å². The Morgan fingerprint density at radius 2 is 1.69 bits per heavy atom. The van der Waals surface area contributed by atoms with Crippen LogP contribution in [0.25, 0.3) is 0 Å². The number of rotatable bonds is 7. The van der Waals surface area contributed by atoms with E-state index in [9.17, 15) is 19.2 Å². The molecule has 2 N–H and O–H groups in total. The number of urea groups is 1. The Kier molecular flexibility index (Phi) is 7.19. The molecule has 0 saturated carbocycles. The average molecular weight is 525 g/mol. The van der Waals surface area contributed by atoms with Crippen molar-refractivity contribution in [2.45, 2.75) is 44.2 Å². The van der Waals surface area contributed by atoms with Crippen LogP contribution in [0.2, 0.25) is 0 Å². The van der Waals surface area contributed by atoms with Crippen molar-refractivity contribution in [3.8, 4) is 0 Å². The van der Waals surface area contributed by atoms with Crippen LogP contribution >= 0.6 is 0 Å². The van der Waals surface area contributed by atoms with Crippen molar-refractivity contribution in [1.82, 2.24) is 15.5 Å². The maximum Gasteiger partial charge on any atom is 0.325 e. The summed E-state index contributed by atoms with van der Waals surface area (Å²) < 4.78 is 0. The molecular weight excluding hydrogens is 492 g/mol. The average Bonchev–Trinajstić information content (AvgIpc) is 3.17. The van der Waals surface area contributed by atoms with E-state index in [1.165, 1.54) is 4.90 Å². The molecule has 8 nitrogen and oxygen atoms in total. The van der Waals surface area contributed by atoms with E-state index in [1.807, 2.05) is 85.8 Å². The Bertz CT molecular complexity index is 1410. The van der Waals surface area contributed by atoms with Crippen molar-refractivity contribution in [2.75, 3.05) is 18.5 Å². The van der Waals surface area contributed by atoms with E-state index in [0.29, 0.717) is 12.1 Å². The third kappa shape index (κ3) is 5.14. The smallest absolute Gasteiger partial charge is 0.325 e. The van der Waals surface area contributed by atoms with Gasteiger partial charge in [-0.25, -0.2) is 4.79 Å². The molecule has 0 bridgehead atoms. The maximum atomic E-state index is 13.6. The third-order valence-corrected chi connectivity index (χ3v) is 7.62. The molecule has 5 amide bonds. The minimum absolute atomic E-state index is 0.263. The number of likely N-dealkylation sites (N-methyl/N-ethyl adjacent to an activating group) is 1. The Hall–Kier alpha value is -4.46. The molecule has 39 heavy (non-hydrogen) atoms. The van der Waals surface area contributed by atoms with E-state index in [2.05, 4.69) is 10.6 Å². The molecule has 8 heteroatoms. The lowest BCUT2D eigenvalue weighted by Gasteiger charge is -2.33. The van der Waals surface area contributed by atoms with Crippen LogP contribution in [0, 0.1) is 6.92 Å². The normalized spacial score (nSPS) is 18.9. The highest BCUT2D eigenvalue weighted by Gasteiger charge is 2.54. The number of aryl methyl sites for hydroxylation is 2. The second-order valence-corrected chi connectivity index (χ2v) is 10.3. The Labute approximate surface area is 228 Å². The summed E-state index contributed by atoms with van der Waals surface area (Å²) in [4.78, 5) is 55.9. The molecule has 200 valence electrons.